The van der Waals surface area contributed by atoms with Crippen molar-refractivity contribution in [3.8, 4) is 23.3 Å². The van der Waals surface area contributed by atoms with E-state index in [1.54, 1.807) is 45.0 Å². The maximum atomic E-state index is 13.6. The van der Waals surface area contributed by atoms with Crippen LogP contribution in [-0.4, -0.2) is 29.3 Å². The van der Waals surface area contributed by atoms with Crippen LogP contribution in [0.4, 0.5) is 10.1 Å². The molecule has 0 saturated carbocycles. The molecule has 2 aromatic rings. The highest BCUT2D eigenvalue weighted by atomic mass is 19.1. The molecule has 7 heteroatoms. The second-order valence-electron chi connectivity index (χ2n) is 7.34. The van der Waals surface area contributed by atoms with E-state index in [4.69, 9.17) is 14.6 Å². The molecule has 1 atom stereocenters. The van der Waals surface area contributed by atoms with Crippen LogP contribution in [0, 0.1) is 17.7 Å². The predicted molar refractivity (Wildman–Crippen MR) is 109 cm³/mol. The predicted octanol–water partition coefficient (Wildman–Crippen LogP) is 3.95. The highest BCUT2D eigenvalue weighted by Crippen LogP contribution is 2.38. The van der Waals surface area contributed by atoms with Crippen LogP contribution in [0.1, 0.15) is 38.7 Å². The standard InChI is InChI=1S/C23H22FNO5/c1-4-5-16(12-21(26)27)15-6-9-18(10-7-15)29-14-25-19-11-8-17(24)13-20(19)30-23(2,3)22(25)28/h6-11,13,16H,12,14H2,1-3H3,(H,26,27). The summed E-state index contributed by atoms with van der Waals surface area (Å²) < 4.78 is 25.0. The Hall–Kier alpha value is -3.53. The SMILES string of the molecule is CC#CC(CC(=O)O)c1ccc(OCN2C(=O)C(C)(C)Oc3cc(F)ccc32)cc1. The third kappa shape index (κ3) is 4.54. The number of hydrogen-bond donors (Lipinski definition) is 1. The number of amides is 1. The minimum absolute atomic E-state index is 0.0864. The highest BCUT2D eigenvalue weighted by molar-refractivity contribution is 6.02. The van der Waals surface area contributed by atoms with E-state index in [0.717, 1.165) is 5.56 Å². The van der Waals surface area contributed by atoms with Gasteiger partial charge in [0.05, 0.1) is 18.0 Å². The molecule has 0 fully saturated rings. The van der Waals surface area contributed by atoms with Crippen LogP contribution in [-0.2, 0) is 9.59 Å². The summed E-state index contributed by atoms with van der Waals surface area (Å²) in [5.74, 6) is 4.32. The first-order valence-electron chi connectivity index (χ1n) is 9.38. The van der Waals surface area contributed by atoms with Crippen molar-refractivity contribution in [2.24, 2.45) is 0 Å². The van der Waals surface area contributed by atoms with E-state index >= 15 is 0 Å². The molecular formula is C23H22FNO5. The molecule has 0 aromatic heterocycles. The molecule has 1 amide bonds. The Labute approximate surface area is 174 Å². The van der Waals surface area contributed by atoms with Crippen LogP contribution < -0.4 is 14.4 Å². The van der Waals surface area contributed by atoms with E-state index < -0.39 is 23.3 Å². The minimum atomic E-state index is -1.16. The first kappa shape index (κ1) is 21.2. The molecule has 30 heavy (non-hydrogen) atoms. The van der Waals surface area contributed by atoms with Crippen LogP contribution >= 0.6 is 0 Å². The Morgan fingerprint density at radius 1 is 1.27 bits per heavy atom. The number of nitrogens with zero attached hydrogens (tertiary/aromatic N) is 1. The highest BCUT2D eigenvalue weighted by Gasteiger charge is 2.41. The molecule has 0 saturated heterocycles. The van der Waals surface area contributed by atoms with Crippen LogP contribution in [0.15, 0.2) is 42.5 Å². The summed E-state index contributed by atoms with van der Waals surface area (Å²) in [7, 11) is 0. The summed E-state index contributed by atoms with van der Waals surface area (Å²) in [6.45, 7) is 4.80. The quantitative estimate of drug-likeness (QED) is 0.729. The van der Waals surface area contributed by atoms with Gasteiger partial charge in [-0.1, -0.05) is 18.1 Å². The van der Waals surface area contributed by atoms with Gasteiger partial charge in [0.2, 0.25) is 0 Å². The van der Waals surface area contributed by atoms with Gasteiger partial charge in [-0.15, -0.1) is 5.92 Å². The number of hydrogen-bond acceptors (Lipinski definition) is 4. The second kappa shape index (κ2) is 8.46. The summed E-state index contributed by atoms with van der Waals surface area (Å²) in [6, 6.07) is 10.9. The van der Waals surface area contributed by atoms with E-state index in [0.29, 0.717) is 11.4 Å². The van der Waals surface area contributed by atoms with Crippen molar-refractivity contribution in [1.29, 1.82) is 0 Å². The number of carbonyl (C=O) groups excluding carboxylic acids is 1. The summed E-state index contributed by atoms with van der Waals surface area (Å²) in [6.07, 6.45) is -0.0915. The molecule has 1 unspecified atom stereocenters. The zero-order valence-corrected chi connectivity index (χ0v) is 16.9. The van der Waals surface area contributed by atoms with Crippen molar-refractivity contribution in [1.82, 2.24) is 0 Å². The number of benzene rings is 2. The van der Waals surface area contributed by atoms with Crippen LogP contribution in [0.2, 0.25) is 0 Å². The van der Waals surface area contributed by atoms with Gasteiger partial charge in [0.25, 0.3) is 5.91 Å². The molecule has 1 heterocycles. The van der Waals surface area contributed by atoms with E-state index in [9.17, 15) is 14.0 Å². The molecule has 2 aromatic carbocycles. The molecule has 156 valence electrons. The van der Waals surface area contributed by atoms with E-state index in [1.807, 2.05) is 0 Å². The summed E-state index contributed by atoms with van der Waals surface area (Å²) >= 11 is 0. The first-order chi connectivity index (χ1) is 14.2. The topological polar surface area (TPSA) is 76.1 Å². The second-order valence-corrected chi connectivity index (χ2v) is 7.34. The lowest BCUT2D eigenvalue weighted by atomic mass is 9.96. The van der Waals surface area contributed by atoms with Crippen LogP contribution in [0.3, 0.4) is 0 Å². The van der Waals surface area contributed by atoms with Gasteiger partial charge in [-0.25, -0.2) is 4.39 Å². The lowest BCUT2D eigenvalue weighted by Gasteiger charge is -2.38. The maximum absolute atomic E-state index is 13.6. The van der Waals surface area contributed by atoms with Gasteiger partial charge in [0.1, 0.15) is 17.3 Å². The third-order valence-corrected chi connectivity index (χ3v) is 4.68. The molecule has 0 bridgehead atoms. The first-order valence-corrected chi connectivity index (χ1v) is 9.38. The van der Waals surface area contributed by atoms with Crippen molar-refractivity contribution in [2.45, 2.75) is 38.7 Å². The Bertz CT molecular complexity index is 1020. The zero-order valence-electron chi connectivity index (χ0n) is 16.9. The number of ether oxygens (including phenoxy) is 2. The summed E-state index contributed by atoms with van der Waals surface area (Å²) in [5, 5.41) is 9.06. The smallest absolute Gasteiger partial charge is 0.304 e. The van der Waals surface area contributed by atoms with Crippen molar-refractivity contribution in [3.63, 3.8) is 0 Å². The summed E-state index contributed by atoms with van der Waals surface area (Å²) in [4.78, 5) is 25.2. The van der Waals surface area contributed by atoms with Gasteiger partial charge in [-0.3, -0.25) is 14.5 Å². The molecule has 1 aliphatic heterocycles. The fraction of sp³-hybridized carbons (Fsp3) is 0.304. The van der Waals surface area contributed by atoms with Gasteiger partial charge in [0.15, 0.2) is 12.3 Å². The fourth-order valence-electron chi connectivity index (χ4n) is 3.21. The maximum Gasteiger partial charge on any atom is 0.304 e. The number of fused-ring (bicyclic) bond motifs is 1. The molecule has 0 spiro atoms. The van der Waals surface area contributed by atoms with Gasteiger partial charge >= 0.3 is 5.97 Å². The molecule has 0 radical (unpaired) electrons. The fourth-order valence-corrected chi connectivity index (χ4v) is 3.21. The van der Waals surface area contributed by atoms with Gasteiger partial charge < -0.3 is 14.6 Å². The van der Waals surface area contributed by atoms with Crippen LogP contribution in [0.5, 0.6) is 11.5 Å². The Morgan fingerprint density at radius 2 is 1.97 bits per heavy atom. The van der Waals surface area contributed by atoms with Crippen molar-refractivity contribution >= 4 is 17.6 Å². The van der Waals surface area contributed by atoms with Crippen molar-refractivity contribution in [3.05, 3.63) is 53.8 Å². The number of carboxylic acids is 1. The van der Waals surface area contributed by atoms with Gasteiger partial charge in [-0.2, -0.15) is 0 Å². The molecule has 3 rings (SSSR count). The molecule has 0 aliphatic carbocycles. The monoisotopic (exact) mass is 411 g/mol. The summed E-state index contributed by atoms with van der Waals surface area (Å²) in [5.41, 5.74) is 0.0391. The number of anilines is 1. The van der Waals surface area contributed by atoms with Crippen molar-refractivity contribution < 1.29 is 28.6 Å². The number of aliphatic carboxylic acids is 1. The van der Waals surface area contributed by atoms with Gasteiger partial charge in [-0.05, 0) is 50.6 Å². The van der Waals surface area contributed by atoms with E-state index in [1.165, 1.54) is 23.1 Å². The van der Waals surface area contributed by atoms with Crippen molar-refractivity contribution in [2.75, 3.05) is 11.6 Å². The largest absolute Gasteiger partial charge is 0.481 e. The normalized spacial score (nSPS) is 15.3. The lowest BCUT2D eigenvalue weighted by Crippen LogP contribution is -2.53. The average Bonchev–Trinajstić information content (AvgIpc) is 2.68. The number of rotatable bonds is 6. The number of carbonyl (C=O) groups is 2. The van der Waals surface area contributed by atoms with E-state index in [2.05, 4.69) is 11.8 Å². The van der Waals surface area contributed by atoms with Gasteiger partial charge in [0, 0.05) is 6.07 Å². The minimum Gasteiger partial charge on any atom is -0.481 e. The Morgan fingerprint density at radius 3 is 2.60 bits per heavy atom. The number of carboxylic acid groups (broad SMARTS) is 1. The molecule has 1 aliphatic rings. The lowest BCUT2D eigenvalue weighted by molar-refractivity contribution is -0.137. The van der Waals surface area contributed by atoms with E-state index in [-0.39, 0.29) is 24.8 Å². The molecule has 1 N–H and O–H groups in total. The van der Waals surface area contributed by atoms with Crippen LogP contribution in [0.25, 0.3) is 0 Å². The number of halogens is 1. The average molecular weight is 411 g/mol. The third-order valence-electron chi connectivity index (χ3n) is 4.68. The Kier molecular flexibility index (Phi) is 5.97. The molecule has 6 nitrogen and oxygen atoms in total. The Balaban J connectivity index is 1.77. The zero-order chi connectivity index (χ0) is 21.9. The molecular weight excluding hydrogens is 389 g/mol.